The Bertz CT molecular complexity index is 1160. The van der Waals surface area contributed by atoms with Crippen LogP contribution in [-0.2, 0) is 25.5 Å². The number of carboxylic acid groups (broad SMARTS) is 3. The molecule has 0 aliphatic carbocycles. The molecule has 2 aliphatic heterocycles. The Labute approximate surface area is 196 Å². The Hall–Kier alpha value is -3.85. The number of aromatic nitrogens is 1. The number of ether oxygens (including phenoxy) is 1. The number of nitrogens with one attached hydrogen (secondary N) is 1. The predicted molar refractivity (Wildman–Crippen MR) is 125 cm³/mol. The number of piperidine rings is 1. The number of fused-ring (bicyclic) bond motifs is 5. The molecule has 2 aliphatic rings. The summed E-state index contributed by atoms with van der Waals surface area (Å²) in [4.78, 5) is 37.0. The van der Waals surface area contributed by atoms with Gasteiger partial charge in [0.2, 0.25) is 0 Å². The van der Waals surface area contributed by atoms with E-state index in [1.165, 1.54) is 35.5 Å². The molecular weight excluding hydrogens is 440 g/mol. The average molecular weight is 469 g/mol. The van der Waals surface area contributed by atoms with Crippen molar-refractivity contribution in [3.63, 3.8) is 0 Å². The highest BCUT2D eigenvalue weighted by Gasteiger charge is 2.40. The van der Waals surface area contributed by atoms with E-state index in [1.807, 2.05) is 13.0 Å². The van der Waals surface area contributed by atoms with Crippen molar-refractivity contribution >= 4 is 28.8 Å². The smallest absolute Gasteiger partial charge is 0.335 e. The van der Waals surface area contributed by atoms with Crippen molar-refractivity contribution in [1.82, 2.24) is 9.88 Å². The summed E-state index contributed by atoms with van der Waals surface area (Å²) in [6.07, 6.45) is 6.35. The van der Waals surface area contributed by atoms with Crippen molar-refractivity contribution in [2.45, 2.75) is 25.8 Å². The fraction of sp³-hybridized carbons (Fsp3) is 0.320. The summed E-state index contributed by atoms with van der Waals surface area (Å²) in [5.41, 5.74) is 5.30. The predicted octanol–water partition coefficient (Wildman–Crippen LogP) is 3.36. The highest BCUT2D eigenvalue weighted by Crippen LogP contribution is 2.44. The van der Waals surface area contributed by atoms with Crippen LogP contribution >= 0.6 is 0 Å². The lowest BCUT2D eigenvalue weighted by atomic mass is 9.78. The molecule has 3 heterocycles. The van der Waals surface area contributed by atoms with Crippen molar-refractivity contribution in [1.29, 1.82) is 0 Å². The molecule has 1 fully saturated rings. The van der Waals surface area contributed by atoms with Gasteiger partial charge in [0, 0.05) is 47.8 Å². The summed E-state index contributed by atoms with van der Waals surface area (Å²) in [6, 6.07) is 8.62. The first kappa shape index (κ1) is 24.8. The second-order valence-electron chi connectivity index (χ2n) is 8.07. The molecular formula is C25H28N2O7. The first-order valence-electron chi connectivity index (χ1n) is 10.9. The van der Waals surface area contributed by atoms with Crippen LogP contribution in [0.25, 0.3) is 10.9 Å². The summed E-state index contributed by atoms with van der Waals surface area (Å²) in [5.74, 6) is -3.55. The van der Waals surface area contributed by atoms with E-state index < -0.39 is 17.9 Å². The van der Waals surface area contributed by atoms with Gasteiger partial charge in [-0.15, -0.1) is 0 Å². The van der Waals surface area contributed by atoms with E-state index in [9.17, 15) is 19.5 Å². The molecule has 2 atom stereocenters. The van der Waals surface area contributed by atoms with Gasteiger partial charge in [0.1, 0.15) is 0 Å². The molecule has 4 N–H and O–H groups in total. The number of para-hydroxylation sites is 1. The number of rotatable bonds is 5. The number of hydrogen-bond acceptors (Lipinski definition) is 5. The van der Waals surface area contributed by atoms with E-state index in [0.29, 0.717) is 17.7 Å². The van der Waals surface area contributed by atoms with Gasteiger partial charge in [-0.3, -0.25) is 4.90 Å². The quantitative estimate of drug-likeness (QED) is 0.297. The van der Waals surface area contributed by atoms with E-state index in [0.717, 1.165) is 31.5 Å². The third-order valence-corrected chi connectivity index (χ3v) is 6.17. The molecule has 9 heteroatoms. The minimum absolute atomic E-state index is 0.129. The molecule has 1 aromatic heterocycles. The minimum atomic E-state index is -1.26. The highest BCUT2D eigenvalue weighted by atomic mass is 16.5. The number of benzene rings is 1. The molecule has 0 amide bonds. The minimum Gasteiger partial charge on any atom is -0.504 e. The van der Waals surface area contributed by atoms with Crippen LogP contribution < -0.4 is 0 Å². The number of nitrogens with zero attached hydrogens (tertiary/aromatic N) is 1. The molecule has 34 heavy (non-hydrogen) atoms. The topological polar surface area (TPSA) is 140 Å². The van der Waals surface area contributed by atoms with Crippen molar-refractivity contribution in [3.8, 4) is 0 Å². The number of aromatic amines is 1. The zero-order chi connectivity index (χ0) is 24.8. The molecule has 1 aromatic carbocycles. The first-order chi connectivity index (χ1) is 16.3. The third-order valence-electron chi connectivity index (χ3n) is 6.17. The summed E-state index contributed by atoms with van der Waals surface area (Å²) in [7, 11) is 1.50. The summed E-state index contributed by atoms with van der Waals surface area (Å²) >= 11 is 0. The first-order valence-corrected chi connectivity index (χ1v) is 10.9. The summed E-state index contributed by atoms with van der Waals surface area (Å²) in [6.45, 7) is 3.79. The van der Waals surface area contributed by atoms with E-state index in [2.05, 4.69) is 34.2 Å². The van der Waals surface area contributed by atoms with Gasteiger partial charge in [-0.05, 0) is 31.4 Å². The van der Waals surface area contributed by atoms with Crippen molar-refractivity contribution in [3.05, 3.63) is 71.2 Å². The van der Waals surface area contributed by atoms with Crippen LogP contribution in [0.4, 0.5) is 0 Å². The van der Waals surface area contributed by atoms with Gasteiger partial charge in [0.25, 0.3) is 0 Å². The molecule has 1 saturated heterocycles. The Balaban J connectivity index is 0.000000350. The number of hydrogen-bond donors (Lipinski definition) is 4. The molecule has 9 nitrogen and oxygen atoms in total. The van der Waals surface area contributed by atoms with Crippen molar-refractivity contribution in [2.24, 2.45) is 5.92 Å². The van der Waals surface area contributed by atoms with Crippen LogP contribution in [0.3, 0.4) is 0 Å². The lowest BCUT2D eigenvalue weighted by Crippen LogP contribution is -2.43. The number of methoxy groups -OCH3 is 1. The molecule has 4 rings (SSSR count). The Morgan fingerprint density at radius 3 is 2.38 bits per heavy atom. The van der Waals surface area contributed by atoms with E-state index >= 15 is 0 Å². The van der Waals surface area contributed by atoms with Gasteiger partial charge in [0.05, 0.1) is 25.0 Å². The number of allylic oxidation sites excluding steroid dienone is 1. The summed E-state index contributed by atoms with van der Waals surface area (Å²) < 4.78 is 5.07. The van der Waals surface area contributed by atoms with Crippen molar-refractivity contribution in [2.75, 3.05) is 20.2 Å². The third kappa shape index (κ3) is 5.37. The number of carbonyl (C=O) groups is 3. The average Bonchev–Trinajstić information content (AvgIpc) is 3.20. The molecule has 0 saturated carbocycles. The molecule has 180 valence electrons. The molecule has 0 unspecified atom stereocenters. The lowest BCUT2D eigenvalue weighted by Gasteiger charge is -2.43. The molecule has 0 radical (unpaired) electrons. The second-order valence-corrected chi connectivity index (χ2v) is 8.07. The van der Waals surface area contributed by atoms with Gasteiger partial charge < -0.3 is 25.0 Å². The number of aliphatic carboxylic acids is 3. The largest absolute Gasteiger partial charge is 0.504 e. The monoisotopic (exact) mass is 468 g/mol. The van der Waals surface area contributed by atoms with Crippen LogP contribution in [0.1, 0.15) is 30.6 Å². The second kappa shape index (κ2) is 10.8. The maximum Gasteiger partial charge on any atom is 0.335 e. The van der Waals surface area contributed by atoms with E-state index in [4.69, 9.17) is 14.9 Å². The maximum atomic E-state index is 11.8. The maximum absolute atomic E-state index is 11.8. The van der Waals surface area contributed by atoms with Crippen LogP contribution in [0.2, 0.25) is 0 Å². The lowest BCUT2D eigenvalue weighted by molar-refractivity contribution is -0.134. The number of H-pyrrole nitrogens is 1. The Morgan fingerprint density at radius 1 is 1.12 bits per heavy atom. The van der Waals surface area contributed by atoms with E-state index in [1.54, 1.807) is 0 Å². The highest BCUT2D eigenvalue weighted by molar-refractivity contribution is 5.89. The van der Waals surface area contributed by atoms with Crippen LogP contribution in [0.5, 0.6) is 0 Å². The van der Waals surface area contributed by atoms with Gasteiger partial charge in [0.15, 0.2) is 0 Å². The summed E-state index contributed by atoms with van der Waals surface area (Å²) in [5, 5.41) is 26.6. The normalized spacial score (nSPS) is 21.5. The molecule has 0 spiro atoms. The van der Waals surface area contributed by atoms with Crippen LogP contribution in [0, 0.1) is 5.92 Å². The van der Waals surface area contributed by atoms with Gasteiger partial charge in [-0.2, -0.15) is 0 Å². The van der Waals surface area contributed by atoms with Gasteiger partial charge >= 0.3 is 17.9 Å². The van der Waals surface area contributed by atoms with Crippen molar-refractivity contribution < 1.29 is 34.4 Å². The zero-order valence-electron chi connectivity index (χ0n) is 19.0. The fourth-order valence-electron chi connectivity index (χ4n) is 4.71. The van der Waals surface area contributed by atoms with Crippen LogP contribution in [-0.4, -0.2) is 63.3 Å². The van der Waals surface area contributed by atoms with Gasteiger partial charge in [-0.25, -0.2) is 14.4 Å². The van der Waals surface area contributed by atoms with Crippen LogP contribution in [0.15, 0.2) is 59.9 Å². The molecule has 0 bridgehead atoms. The standard InChI is InChI=1S/C21H24N2O3.C4H4O4/c1-3-13-11-23-9-8-15-14-6-4-5-7-18(14)22-20(15)19(23)10-16(13)17(12-26-2)21(24)25;5-3(6)1-2-4(7)8/h3-7,12,16,19,22H,8-11H2,1-2H3,(H,24,25);1-2H,(H,5,6)(H,7,8)/b13-3-,17-12-;2-1+/t16-,19-;/m0./s1. The van der Waals surface area contributed by atoms with E-state index in [-0.39, 0.29) is 12.0 Å². The SMILES string of the molecule is C/C=C1/CN2CCc3c([nH]c4ccccc34)[C@@H]2C[C@@H]1/C(=C/OC)C(=O)O.O=C(O)/C=C/C(=O)O. The number of carboxylic acids is 3. The molecule has 2 aromatic rings. The fourth-order valence-corrected chi connectivity index (χ4v) is 4.71. The zero-order valence-corrected chi connectivity index (χ0v) is 19.0. The Morgan fingerprint density at radius 2 is 1.79 bits per heavy atom. The van der Waals surface area contributed by atoms with Gasteiger partial charge in [-0.1, -0.05) is 29.8 Å². The Kier molecular flexibility index (Phi) is 7.91.